The molecule has 0 saturated carbocycles. The summed E-state index contributed by atoms with van der Waals surface area (Å²) in [6.07, 6.45) is 0. The number of carbonyl (C=O) groups excluding carboxylic acids is 3. The van der Waals surface area contributed by atoms with Gasteiger partial charge < -0.3 is 9.84 Å². The number of carboxylic acid groups (broad SMARTS) is 1. The smallest absolute Gasteiger partial charge is 0.337 e. The van der Waals surface area contributed by atoms with Crippen LogP contribution in [0.3, 0.4) is 0 Å². The molecule has 0 spiro atoms. The first-order chi connectivity index (χ1) is 17.3. The van der Waals surface area contributed by atoms with Gasteiger partial charge in [-0.25, -0.2) is 14.5 Å². The lowest BCUT2D eigenvalue weighted by atomic mass is 9.75. The van der Waals surface area contributed by atoms with Crippen molar-refractivity contribution in [2.75, 3.05) is 12.0 Å². The number of imide groups is 1. The zero-order valence-corrected chi connectivity index (χ0v) is 19.7. The van der Waals surface area contributed by atoms with E-state index in [9.17, 15) is 24.3 Å². The van der Waals surface area contributed by atoms with Crippen molar-refractivity contribution in [2.45, 2.75) is 18.5 Å². The second-order valence-electron chi connectivity index (χ2n) is 9.02. The van der Waals surface area contributed by atoms with Crippen molar-refractivity contribution in [1.82, 2.24) is 5.32 Å². The minimum absolute atomic E-state index is 0.318. The van der Waals surface area contributed by atoms with Crippen LogP contribution < -0.4 is 10.2 Å². The number of nitrogens with one attached hydrogen (secondary N) is 1. The minimum atomic E-state index is -1.83. The Kier molecular flexibility index (Phi) is 5.68. The molecule has 8 nitrogen and oxygen atoms in total. The third-order valence-electron chi connectivity index (χ3n) is 7.17. The van der Waals surface area contributed by atoms with E-state index in [1.807, 2.05) is 6.07 Å². The summed E-state index contributed by atoms with van der Waals surface area (Å²) < 4.78 is 4.76. The Hall–Kier alpha value is -4.30. The van der Waals surface area contributed by atoms with Crippen molar-refractivity contribution in [2.24, 2.45) is 11.8 Å². The van der Waals surface area contributed by atoms with Crippen molar-refractivity contribution in [3.8, 4) is 0 Å². The van der Waals surface area contributed by atoms with E-state index < -0.39 is 47.2 Å². The summed E-state index contributed by atoms with van der Waals surface area (Å²) in [6.45, 7) is 1.80. The molecule has 182 valence electrons. The van der Waals surface area contributed by atoms with Crippen molar-refractivity contribution in [1.29, 1.82) is 0 Å². The van der Waals surface area contributed by atoms with Crippen molar-refractivity contribution in [3.63, 3.8) is 0 Å². The Morgan fingerprint density at radius 2 is 1.56 bits per heavy atom. The van der Waals surface area contributed by atoms with E-state index in [-0.39, 0.29) is 0 Å². The molecule has 0 aromatic heterocycles. The maximum atomic E-state index is 13.9. The molecule has 2 aliphatic heterocycles. The first-order valence-electron chi connectivity index (χ1n) is 11.5. The van der Waals surface area contributed by atoms with Crippen LogP contribution in [-0.2, 0) is 24.7 Å². The predicted molar refractivity (Wildman–Crippen MR) is 130 cm³/mol. The number of methoxy groups -OCH3 is 1. The topological polar surface area (TPSA) is 113 Å². The molecule has 8 heteroatoms. The Morgan fingerprint density at radius 3 is 2.17 bits per heavy atom. The SMILES string of the molecule is COC(=O)c1ccc(C2NC(C(=O)O)(c3ccccc3)C3C(=O)N(c4ccccc4C)C(=O)C23)cc1. The first kappa shape index (κ1) is 23.4. The number of fused-ring (bicyclic) bond motifs is 1. The third-order valence-corrected chi connectivity index (χ3v) is 7.17. The number of carbonyl (C=O) groups is 4. The molecule has 2 N–H and O–H groups in total. The number of aliphatic carboxylic acids is 1. The molecule has 0 aliphatic carbocycles. The summed E-state index contributed by atoms with van der Waals surface area (Å²) in [5.74, 6) is -4.95. The van der Waals surface area contributed by atoms with Crippen LogP contribution in [0, 0.1) is 18.8 Å². The zero-order valence-electron chi connectivity index (χ0n) is 19.7. The zero-order chi connectivity index (χ0) is 25.6. The van der Waals surface area contributed by atoms with Gasteiger partial charge in [-0.3, -0.25) is 14.9 Å². The molecule has 3 aromatic rings. The molecule has 4 unspecified atom stereocenters. The van der Waals surface area contributed by atoms with E-state index in [4.69, 9.17) is 4.74 Å². The van der Waals surface area contributed by atoms with Crippen LogP contribution >= 0.6 is 0 Å². The standard InChI is InChI=1S/C28H24N2O6/c1-16-8-6-7-11-20(16)30-24(31)21-22(25(30)32)28(27(34)35,19-9-4-3-5-10-19)29-23(21)17-12-14-18(15-13-17)26(33)36-2/h3-15,21-23,29H,1-2H3,(H,34,35). The quantitative estimate of drug-likeness (QED) is 0.422. The molecule has 2 saturated heterocycles. The van der Waals surface area contributed by atoms with Gasteiger partial charge in [0.05, 0.1) is 30.2 Å². The lowest BCUT2D eigenvalue weighted by Crippen LogP contribution is -2.53. The number of carboxylic acids is 1. The van der Waals surface area contributed by atoms with Gasteiger partial charge in [0, 0.05) is 6.04 Å². The molecule has 2 amide bonds. The van der Waals surface area contributed by atoms with Crippen molar-refractivity contribution < 1.29 is 29.0 Å². The summed E-state index contributed by atoms with van der Waals surface area (Å²) in [5.41, 5.74) is 0.625. The third kappa shape index (κ3) is 3.33. The first-order valence-corrected chi connectivity index (χ1v) is 11.5. The average Bonchev–Trinajstić information content (AvgIpc) is 3.39. The minimum Gasteiger partial charge on any atom is -0.480 e. The number of aryl methyl sites for hydroxylation is 1. The molecule has 3 aromatic carbocycles. The van der Waals surface area contributed by atoms with Crippen molar-refractivity contribution >= 4 is 29.4 Å². The second-order valence-corrected chi connectivity index (χ2v) is 9.02. The second kappa shape index (κ2) is 8.73. The average molecular weight is 485 g/mol. The highest BCUT2D eigenvalue weighted by Crippen LogP contribution is 2.53. The normalized spacial score (nSPS) is 25.1. The molecule has 36 heavy (non-hydrogen) atoms. The van der Waals surface area contributed by atoms with Crippen LogP contribution in [0.1, 0.15) is 33.1 Å². The van der Waals surface area contributed by atoms with Gasteiger partial charge in [0.15, 0.2) is 5.54 Å². The molecule has 2 fully saturated rings. The van der Waals surface area contributed by atoms with Gasteiger partial charge in [-0.15, -0.1) is 0 Å². The Bertz CT molecular complexity index is 1370. The van der Waals surface area contributed by atoms with E-state index in [0.717, 1.165) is 10.5 Å². The number of nitrogens with zero attached hydrogens (tertiary/aromatic N) is 1. The van der Waals surface area contributed by atoms with E-state index in [2.05, 4.69) is 5.32 Å². The fourth-order valence-electron chi connectivity index (χ4n) is 5.48. The number of rotatable bonds is 5. The van der Waals surface area contributed by atoms with E-state index in [0.29, 0.717) is 22.4 Å². The molecule has 0 bridgehead atoms. The van der Waals surface area contributed by atoms with E-state index in [1.54, 1.807) is 79.7 Å². The maximum Gasteiger partial charge on any atom is 0.337 e. The van der Waals surface area contributed by atoms with Gasteiger partial charge in [-0.1, -0.05) is 60.7 Å². The number of benzene rings is 3. The highest BCUT2D eigenvalue weighted by molar-refractivity contribution is 6.24. The van der Waals surface area contributed by atoms with Crippen molar-refractivity contribution in [3.05, 3.63) is 101 Å². The molecular formula is C28H24N2O6. The van der Waals surface area contributed by atoms with Gasteiger partial charge in [0.2, 0.25) is 11.8 Å². The van der Waals surface area contributed by atoms with Gasteiger partial charge in [0.25, 0.3) is 0 Å². The van der Waals surface area contributed by atoms with Gasteiger partial charge >= 0.3 is 11.9 Å². The lowest BCUT2D eigenvalue weighted by molar-refractivity contribution is -0.149. The summed E-state index contributed by atoms with van der Waals surface area (Å²) in [5, 5.41) is 13.8. The molecule has 5 rings (SSSR count). The van der Waals surface area contributed by atoms with E-state index >= 15 is 0 Å². The fourth-order valence-corrected chi connectivity index (χ4v) is 5.48. The number of anilines is 1. The number of hydrogen-bond donors (Lipinski definition) is 2. The van der Waals surface area contributed by atoms with Crippen LogP contribution in [-0.4, -0.2) is 36.0 Å². The van der Waals surface area contributed by atoms with Crippen LogP contribution in [0.2, 0.25) is 0 Å². The fraction of sp³-hybridized carbons (Fsp3) is 0.214. The largest absolute Gasteiger partial charge is 0.480 e. The number of hydrogen-bond acceptors (Lipinski definition) is 6. The summed E-state index contributed by atoms with van der Waals surface area (Å²) in [6, 6.07) is 21.1. The number of para-hydroxylation sites is 1. The number of ether oxygens (including phenoxy) is 1. The number of esters is 1. The van der Waals surface area contributed by atoms with Gasteiger partial charge in [0.1, 0.15) is 0 Å². The molecule has 0 radical (unpaired) electrons. The lowest BCUT2D eigenvalue weighted by Gasteiger charge is -2.32. The van der Waals surface area contributed by atoms with Crippen LogP contribution in [0.5, 0.6) is 0 Å². The highest BCUT2D eigenvalue weighted by Gasteiger charge is 2.69. The Balaban J connectivity index is 1.69. The van der Waals surface area contributed by atoms with Crippen LogP contribution in [0.15, 0.2) is 78.9 Å². The summed E-state index contributed by atoms with van der Waals surface area (Å²) in [4.78, 5) is 53.9. The van der Waals surface area contributed by atoms with Gasteiger partial charge in [-0.05, 0) is 41.8 Å². The van der Waals surface area contributed by atoms with Gasteiger partial charge in [-0.2, -0.15) is 0 Å². The Morgan fingerprint density at radius 1 is 0.917 bits per heavy atom. The van der Waals surface area contributed by atoms with Crippen LogP contribution in [0.25, 0.3) is 0 Å². The number of amides is 2. The molecule has 2 heterocycles. The molecule has 2 aliphatic rings. The summed E-state index contributed by atoms with van der Waals surface area (Å²) in [7, 11) is 1.28. The Labute approximate surface area is 207 Å². The van der Waals surface area contributed by atoms with Crippen LogP contribution in [0.4, 0.5) is 5.69 Å². The highest BCUT2D eigenvalue weighted by atomic mass is 16.5. The maximum absolute atomic E-state index is 13.9. The predicted octanol–water partition coefficient (Wildman–Crippen LogP) is 3.21. The molecule has 4 atom stereocenters. The van der Waals surface area contributed by atoms with E-state index in [1.165, 1.54) is 7.11 Å². The summed E-state index contributed by atoms with van der Waals surface area (Å²) >= 11 is 0. The molecular weight excluding hydrogens is 460 g/mol. The monoisotopic (exact) mass is 484 g/mol.